The minimum Gasteiger partial charge on any atom is -0.346 e. The highest BCUT2D eigenvalue weighted by molar-refractivity contribution is 7.20. The first-order valence-electron chi connectivity index (χ1n) is 8.28. The van der Waals surface area contributed by atoms with E-state index < -0.39 is 0 Å². The Morgan fingerprint density at radius 3 is 2.88 bits per heavy atom. The van der Waals surface area contributed by atoms with E-state index in [0.29, 0.717) is 33.7 Å². The average molecular weight is 356 g/mol. The molecule has 6 nitrogen and oxygen atoms in total. The van der Waals surface area contributed by atoms with Gasteiger partial charge >= 0.3 is 0 Å². The molecule has 130 valence electrons. The number of aromatic nitrogens is 3. The van der Waals surface area contributed by atoms with Crippen molar-refractivity contribution in [2.75, 3.05) is 0 Å². The van der Waals surface area contributed by atoms with Gasteiger partial charge in [0.2, 0.25) is 0 Å². The molecule has 0 radical (unpaired) electrons. The maximum absolute atomic E-state index is 12.7. The van der Waals surface area contributed by atoms with E-state index in [-0.39, 0.29) is 11.5 Å². The van der Waals surface area contributed by atoms with Gasteiger partial charge in [0.05, 0.1) is 28.8 Å². The molecule has 3 aromatic rings. The van der Waals surface area contributed by atoms with Gasteiger partial charge < -0.3 is 5.32 Å². The van der Waals surface area contributed by atoms with Gasteiger partial charge in [-0.1, -0.05) is 19.4 Å². The molecule has 0 atom stereocenters. The Hall–Kier alpha value is -2.54. The maximum Gasteiger partial charge on any atom is 0.262 e. The lowest BCUT2D eigenvalue weighted by Crippen LogP contribution is -2.23. The molecule has 3 rings (SSSR count). The third-order valence-electron chi connectivity index (χ3n) is 4.03. The molecular weight excluding hydrogens is 336 g/mol. The number of hydrogen-bond acceptors (Lipinski definition) is 5. The zero-order chi connectivity index (χ0) is 17.8. The number of pyridine rings is 1. The van der Waals surface area contributed by atoms with Gasteiger partial charge in [-0.2, -0.15) is 0 Å². The van der Waals surface area contributed by atoms with E-state index in [1.165, 1.54) is 11.3 Å². The summed E-state index contributed by atoms with van der Waals surface area (Å²) in [5, 5.41) is 3.41. The minimum absolute atomic E-state index is 0.0732. The lowest BCUT2D eigenvalue weighted by Gasteiger charge is -2.04. The maximum atomic E-state index is 12.7. The molecule has 1 N–H and O–H groups in total. The summed E-state index contributed by atoms with van der Waals surface area (Å²) >= 11 is 1.26. The summed E-state index contributed by atoms with van der Waals surface area (Å²) < 4.78 is 1.63. The van der Waals surface area contributed by atoms with Gasteiger partial charge in [0.1, 0.15) is 4.83 Å². The Labute approximate surface area is 149 Å². The fraction of sp³-hybridized carbons (Fsp3) is 0.333. The van der Waals surface area contributed by atoms with Crippen LogP contribution in [-0.4, -0.2) is 20.4 Å². The number of rotatable bonds is 6. The Morgan fingerprint density at radius 1 is 1.32 bits per heavy atom. The highest BCUT2D eigenvalue weighted by Crippen LogP contribution is 2.26. The Balaban J connectivity index is 1.86. The number of hydrogen-bond donors (Lipinski definition) is 1. The van der Waals surface area contributed by atoms with Crippen LogP contribution in [0.2, 0.25) is 0 Å². The number of amides is 1. The van der Waals surface area contributed by atoms with Gasteiger partial charge in [-0.05, 0) is 31.0 Å². The average Bonchev–Trinajstić information content (AvgIpc) is 2.97. The first-order valence-corrected chi connectivity index (χ1v) is 9.10. The number of carbonyl (C=O) groups is 1. The number of unbranched alkanes of at least 4 members (excludes halogenated alkanes) is 1. The van der Waals surface area contributed by atoms with E-state index in [4.69, 9.17) is 0 Å². The lowest BCUT2D eigenvalue weighted by atomic mass is 10.2. The minimum atomic E-state index is -0.203. The highest BCUT2D eigenvalue weighted by Gasteiger charge is 2.19. The molecule has 7 heteroatoms. The van der Waals surface area contributed by atoms with Crippen molar-refractivity contribution in [1.82, 2.24) is 19.9 Å². The second-order valence-electron chi connectivity index (χ2n) is 5.84. The summed E-state index contributed by atoms with van der Waals surface area (Å²) in [6, 6.07) is 5.56. The predicted molar refractivity (Wildman–Crippen MR) is 98.9 cm³/mol. The van der Waals surface area contributed by atoms with Crippen LogP contribution in [-0.2, 0) is 13.1 Å². The summed E-state index contributed by atoms with van der Waals surface area (Å²) in [5.41, 5.74) is 1.41. The van der Waals surface area contributed by atoms with E-state index in [9.17, 15) is 9.59 Å². The zero-order valence-corrected chi connectivity index (χ0v) is 15.1. The van der Waals surface area contributed by atoms with Crippen molar-refractivity contribution >= 4 is 27.5 Å². The number of nitrogens with one attached hydrogen (secondary N) is 1. The molecule has 0 aromatic carbocycles. The number of aryl methyl sites for hydroxylation is 2. The van der Waals surface area contributed by atoms with Gasteiger partial charge in [0.15, 0.2) is 0 Å². The molecule has 0 bridgehead atoms. The largest absolute Gasteiger partial charge is 0.346 e. The fourth-order valence-corrected chi connectivity index (χ4v) is 3.67. The van der Waals surface area contributed by atoms with E-state index in [0.717, 1.165) is 18.5 Å². The van der Waals surface area contributed by atoms with Crippen molar-refractivity contribution < 1.29 is 4.79 Å². The smallest absolute Gasteiger partial charge is 0.262 e. The topological polar surface area (TPSA) is 76.9 Å². The van der Waals surface area contributed by atoms with Crippen LogP contribution >= 0.6 is 11.3 Å². The number of fused-ring (bicyclic) bond motifs is 1. The molecular formula is C18H20N4O2S. The normalized spacial score (nSPS) is 11.0. The number of carbonyl (C=O) groups excluding carboxylic acids is 1. The van der Waals surface area contributed by atoms with Gasteiger partial charge in [0, 0.05) is 12.7 Å². The van der Waals surface area contributed by atoms with Crippen LogP contribution < -0.4 is 10.9 Å². The Kier molecular flexibility index (Phi) is 5.23. The third kappa shape index (κ3) is 3.61. The van der Waals surface area contributed by atoms with E-state index in [2.05, 4.69) is 22.2 Å². The van der Waals surface area contributed by atoms with Gasteiger partial charge in [0.25, 0.3) is 11.5 Å². The molecule has 0 spiro atoms. The van der Waals surface area contributed by atoms with Gasteiger partial charge in [-0.3, -0.25) is 19.1 Å². The summed E-state index contributed by atoms with van der Waals surface area (Å²) in [6.45, 7) is 4.88. The van der Waals surface area contributed by atoms with Crippen molar-refractivity contribution in [2.45, 2.75) is 39.8 Å². The molecule has 0 saturated carbocycles. The monoisotopic (exact) mass is 356 g/mol. The fourth-order valence-electron chi connectivity index (χ4n) is 2.62. The Morgan fingerprint density at radius 2 is 2.16 bits per heavy atom. The van der Waals surface area contributed by atoms with Crippen molar-refractivity contribution in [3.63, 3.8) is 0 Å². The second-order valence-corrected chi connectivity index (χ2v) is 6.84. The van der Waals surface area contributed by atoms with Crippen LogP contribution in [0.3, 0.4) is 0 Å². The standard InChI is InChI=1S/C18H20N4O2S/c1-3-4-9-22-11-21-17-14(18(22)24)12(2)15(25-17)16(23)20-10-13-7-5-6-8-19-13/h5-8,11H,3-4,9-10H2,1-2H3,(H,20,23). The van der Waals surface area contributed by atoms with Crippen molar-refractivity contribution in [3.05, 3.63) is 57.2 Å². The Bertz CT molecular complexity index is 947. The van der Waals surface area contributed by atoms with Crippen molar-refractivity contribution in [1.29, 1.82) is 0 Å². The van der Waals surface area contributed by atoms with Crippen LogP contribution in [0.25, 0.3) is 10.2 Å². The van der Waals surface area contributed by atoms with Crippen LogP contribution in [0.4, 0.5) is 0 Å². The lowest BCUT2D eigenvalue weighted by molar-refractivity contribution is 0.0954. The summed E-state index contributed by atoms with van der Waals surface area (Å²) in [5.74, 6) is -0.203. The number of thiophene rings is 1. The second kappa shape index (κ2) is 7.57. The van der Waals surface area contributed by atoms with Gasteiger partial charge in [-0.15, -0.1) is 11.3 Å². The molecule has 1 amide bonds. The first kappa shape index (κ1) is 17.3. The molecule has 0 unspecified atom stereocenters. The highest BCUT2D eigenvalue weighted by atomic mass is 32.1. The summed E-state index contributed by atoms with van der Waals surface area (Å²) in [6.07, 6.45) is 5.20. The SMILES string of the molecule is CCCCn1cnc2sc(C(=O)NCc3ccccn3)c(C)c2c1=O. The quantitative estimate of drug-likeness (QED) is 0.737. The van der Waals surface area contributed by atoms with Crippen molar-refractivity contribution in [3.8, 4) is 0 Å². The molecule has 3 aromatic heterocycles. The molecule has 0 aliphatic rings. The van der Waals surface area contributed by atoms with Crippen LogP contribution in [0, 0.1) is 6.92 Å². The molecule has 25 heavy (non-hydrogen) atoms. The summed E-state index contributed by atoms with van der Waals surface area (Å²) in [4.78, 5) is 34.9. The first-order chi connectivity index (χ1) is 12.1. The predicted octanol–water partition coefficient (Wildman–Crippen LogP) is 2.89. The zero-order valence-electron chi connectivity index (χ0n) is 14.3. The van der Waals surface area contributed by atoms with E-state index in [1.54, 1.807) is 17.1 Å². The molecule has 3 heterocycles. The van der Waals surface area contributed by atoms with E-state index in [1.807, 2.05) is 25.1 Å². The van der Waals surface area contributed by atoms with Crippen LogP contribution in [0.1, 0.15) is 40.7 Å². The van der Waals surface area contributed by atoms with Crippen LogP contribution in [0.5, 0.6) is 0 Å². The van der Waals surface area contributed by atoms with E-state index >= 15 is 0 Å². The van der Waals surface area contributed by atoms with Crippen LogP contribution in [0.15, 0.2) is 35.5 Å². The molecule has 0 fully saturated rings. The molecule has 0 aliphatic heterocycles. The number of nitrogens with zero attached hydrogens (tertiary/aromatic N) is 3. The summed E-state index contributed by atoms with van der Waals surface area (Å²) in [7, 11) is 0. The van der Waals surface area contributed by atoms with Crippen molar-refractivity contribution in [2.24, 2.45) is 0 Å². The molecule has 0 saturated heterocycles. The third-order valence-corrected chi connectivity index (χ3v) is 5.23. The van der Waals surface area contributed by atoms with Gasteiger partial charge in [-0.25, -0.2) is 4.98 Å². The molecule has 0 aliphatic carbocycles.